The second kappa shape index (κ2) is 4.57. The first-order valence-corrected chi connectivity index (χ1v) is 5.34. The van der Waals surface area contributed by atoms with Crippen molar-refractivity contribution in [3.8, 4) is 0 Å². The number of ketones is 1. The van der Waals surface area contributed by atoms with Crippen molar-refractivity contribution in [2.24, 2.45) is 13.0 Å². The third kappa shape index (κ3) is 2.45. The summed E-state index contributed by atoms with van der Waals surface area (Å²) in [6.45, 7) is 1.35. The number of ether oxygens (including phenoxy) is 1. The summed E-state index contributed by atoms with van der Waals surface area (Å²) >= 11 is 0. The Morgan fingerprint density at radius 3 is 3.20 bits per heavy atom. The number of Topliss-reactive ketones (excluding diaryl/α,β-unsaturated/α-hetero) is 1. The maximum absolute atomic E-state index is 11.7. The lowest BCUT2D eigenvalue weighted by Crippen LogP contribution is -2.15. The summed E-state index contributed by atoms with van der Waals surface area (Å²) in [7, 11) is 1.95. The second-order valence-corrected chi connectivity index (χ2v) is 3.98. The molecule has 1 aliphatic heterocycles. The highest BCUT2D eigenvalue weighted by Crippen LogP contribution is 2.15. The van der Waals surface area contributed by atoms with Crippen molar-refractivity contribution in [3.63, 3.8) is 0 Å². The van der Waals surface area contributed by atoms with Crippen LogP contribution >= 0.6 is 0 Å². The van der Waals surface area contributed by atoms with Gasteiger partial charge in [0.05, 0.1) is 6.61 Å². The van der Waals surface area contributed by atoms with Gasteiger partial charge in [0.1, 0.15) is 11.6 Å². The molecule has 1 fully saturated rings. The fourth-order valence-electron chi connectivity index (χ4n) is 1.86. The Bertz CT molecular complexity index is 340. The molecule has 82 valence electrons. The topological polar surface area (TPSA) is 44.1 Å². The number of imidazole rings is 1. The largest absolute Gasteiger partial charge is 0.381 e. The van der Waals surface area contributed by atoms with Gasteiger partial charge in [0.25, 0.3) is 0 Å². The summed E-state index contributed by atoms with van der Waals surface area (Å²) in [6.07, 6.45) is 5.87. The van der Waals surface area contributed by atoms with Gasteiger partial charge in [-0.1, -0.05) is 0 Å². The van der Waals surface area contributed by atoms with Gasteiger partial charge in [0.2, 0.25) is 0 Å². The zero-order valence-electron chi connectivity index (χ0n) is 8.98. The van der Waals surface area contributed by atoms with E-state index in [1.54, 1.807) is 6.20 Å². The predicted molar refractivity (Wildman–Crippen MR) is 55.5 cm³/mol. The number of aromatic nitrogens is 2. The molecule has 1 aromatic rings. The van der Waals surface area contributed by atoms with Crippen LogP contribution in [-0.2, 0) is 23.0 Å². The van der Waals surface area contributed by atoms with Gasteiger partial charge in [-0.2, -0.15) is 0 Å². The minimum Gasteiger partial charge on any atom is -0.381 e. The Balaban J connectivity index is 1.83. The van der Waals surface area contributed by atoms with Gasteiger partial charge in [0, 0.05) is 44.8 Å². The summed E-state index contributed by atoms with van der Waals surface area (Å²) in [6, 6.07) is 0. The molecule has 1 saturated heterocycles. The van der Waals surface area contributed by atoms with E-state index in [9.17, 15) is 4.79 Å². The molecule has 0 radical (unpaired) electrons. The lowest BCUT2D eigenvalue weighted by molar-refractivity contribution is -0.122. The van der Waals surface area contributed by atoms with Crippen molar-refractivity contribution in [1.82, 2.24) is 9.55 Å². The number of aryl methyl sites for hydroxylation is 2. The number of hydrogen-bond donors (Lipinski definition) is 0. The molecule has 4 heteroatoms. The quantitative estimate of drug-likeness (QED) is 0.740. The summed E-state index contributed by atoms with van der Waals surface area (Å²) in [5.41, 5.74) is 0. The molecule has 1 aromatic heterocycles. The Morgan fingerprint density at radius 2 is 2.60 bits per heavy atom. The molecule has 1 unspecified atom stereocenters. The minimum atomic E-state index is 0.130. The van der Waals surface area contributed by atoms with E-state index in [1.165, 1.54) is 0 Å². The van der Waals surface area contributed by atoms with Gasteiger partial charge in [-0.05, 0) is 6.42 Å². The average Bonchev–Trinajstić information content (AvgIpc) is 2.85. The summed E-state index contributed by atoms with van der Waals surface area (Å²) in [5, 5.41) is 0. The van der Waals surface area contributed by atoms with Crippen LogP contribution in [-0.4, -0.2) is 28.5 Å². The highest BCUT2D eigenvalue weighted by molar-refractivity contribution is 5.81. The van der Waals surface area contributed by atoms with Crippen molar-refractivity contribution < 1.29 is 9.53 Å². The molecule has 0 spiro atoms. The first-order valence-electron chi connectivity index (χ1n) is 5.34. The molecular formula is C11H16N2O2. The molecule has 15 heavy (non-hydrogen) atoms. The number of carbonyl (C=O) groups excluding carboxylic acids is 1. The van der Waals surface area contributed by atoms with Crippen molar-refractivity contribution in [2.45, 2.75) is 19.3 Å². The molecule has 0 saturated carbocycles. The predicted octanol–water partition coefficient (Wildman–Crippen LogP) is 0.958. The zero-order chi connectivity index (χ0) is 10.7. The van der Waals surface area contributed by atoms with Crippen LogP contribution in [0.1, 0.15) is 18.7 Å². The third-order valence-corrected chi connectivity index (χ3v) is 2.90. The maximum Gasteiger partial charge on any atom is 0.138 e. The Hall–Kier alpha value is -1.16. The van der Waals surface area contributed by atoms with Crippen molar-refractivity contribution in [1.29, 1.82) is 0 Å². The summed E-state index contributed by atoms with van der Waals surface area (Å²) in [5.74, 6) is 1.42. The van der Waals surface area contributed by atoms with Crippen molar-refractivity contribution in [3.05, 3.63) is 18.2 Å². The van der Waals surface area contributed by atoms with E-state index >= 15 is 0 Å². The fourth-order valence-corrected chi connectivity index (χ4v) is 1.86. The van der Waals surface area contributed by atoms with E-state index in [0.29, 0.717) is 18.8 Å². The minimum absolute atomic E-state index is 0.130. The average molecular weight is 208 g/mol. The van der Waals surface area contributed by atoms with Gasteiger partial charge < -0.3 is 9.30 Å². The van der Waals surface area contributed by atoms with E-state index in [0.717, 1.165) is 25.3 Å². The molecule has 1 atom stereocenters. The number of carbonyl (C=O) groups is 1. The van der Waals surface area contributed by atoms with E-state index in [1.807, 2.05) is 17.8 Å². The molecule has 0 bridgehead atoms. The first kappa shape index (κ1) is 10.4. The molecule has 0 N–H and O–H groups in total. The SMILES string of the molecule is Cn1ccnc1CCC(=O)C1CCOC1. The van der Waals surface area contributed by atoms with Crippen LogP contribution in [0.5, 0.6) is 0 Å². The van der Waals surface area contributed by atoms with Crippen LogP contribution in [0.25, 0.3) is 0 Å². The van der Waals surface area contributed by atoms with Gasteiger partial charge >= 0.3 is 0 Å². The molecule has 4 nitrogen and oxygen atoms in total. The molecule has 2 heterocycles. The van der Waals surface area contributed by atoms with Crippen LogP contribution < -0.4 is 0 Å². The Kier molecular flexibility index (Phi) is 3.16. The van der Waals surface area contributed by atoms with Gasteiger partial charge in [-0.3, -0.25) is 4.79 Å². The highest BCUT2D eigenvalue weighted by atomic mass is 16.5. The molecule has 0 aromatic carbocycles. The van der Waals surface area contributed by atoms with E-state index in [4.69, 9.17) is 4.74 Å². The summed E-state index contributed by atoms with van der Waals surface area (Å²) < 4.78 is 7.15. The van der Waals surface area contributed by atoms with E-state index < -0.39 is 0 Å². The van der Waals surface area contributed by atoms with Crippen LogP contribution in [0.3, 0.4) is 0 Å². The van der Waals surface area contributed by atoms with Gasteiger partial charge in [-0.25, -0.2) is 4.98 Å². The first-order chi connectivity index (χ1) is 7.27. The Morgan fingerprint density at radius 1 is 1.73 bits per heavy atom. The lowest BCUT2D eigenvalue weighted by Gasteiger charge is -2.06. The van der Waals surface area contributed by atoms with Gasteiger partial charge in [-0.15, -0.1) is 0 Å². The Labute approximate surface area is 89.3 Å². The lowest BCUT2D eigenvalue weighted by atomic mass is 10.00. The normalized spacial score (nSPS) is 20.7. The van der Waals surface area contributed by atoms with Crippen LogP contribution in [0.15, 0.2) is 12.4 Å². The van der Waals surface area contributed by atoms with Gasteiger partial charge in [0.15, 0.2) is 0 Å². The molecule has 1 aliphatic rings. The van der Waals surface area contributed by atoms with Crippen molar-refractivity contribution >= 4 is 5.78 Å². The second-order valence-electron chi connectivity index (χ2n) is 3.98. The number of rotatable bonds is 4. The van der Waals surface area contributed by atoms with Crippen molar-refractivity contribution in [2.75, 3.05) is 13.2 Å². The van der Waals surface area contributed by atoms with E-state index in [-0.39, 0.29) is 5.92 Å². The van der Waals surface area contributed by atoms with Crippen LogP contribution in [0.2, 0.25) is 0 Å². The standard InChI is InChI=1S/C11H16N2O2/c1-13-6-5-12-11(13)3-2-10(14)9-4-7-15-8-9/h5-6,9H,2-4,7-8H2,1H3. The van der Waals surface area contributed by atoms with Crippen LogP contribution in [0, 0.1) is 5.92 Å². The zero-order valence-corrected chi connectivity index (χ0v) is 8.98. The number of nitrogens with zero attached hydrogens (tertiary/aromatic N) is 2. The fraction of sp³-hybridized carbons (Fsp3) is 0.636. The molecular weight excluding hydrogens is 192 g/mol. The molecule has 2 rings (SSSR count). The molecule has 0 amide bonds. The van der Waals surface area contributed by atoms with Crippen LogP contribution in [0.4, 0.5) is 0 Å². The maximum atomic E-state index is 11.7. The third-order valence-electron chi connectivity index (χ3n) is 2.90. The van der Waals surface area contributed by atoms with E-state index in [2.05, 4.69) is 4.98 Å². The highest BCUT2D eigenvalue weighted by Gasteiger charge is 2.23. The molecule has 0 aliphatic carbocycles. The summed E-state index contributed by atoms with van der Waals surface area (Å²) in [4.78, 5) is 15.9. The number of hydrogen-bond acceptors (Lipinski definition) is 3. The monoisotopic (exact) mass is 208 g/mol. The smallest absolute Gasteiger partial charge is 0.138 e.